The Morgan fingerprint density at radius 2 is 1.74 bits per heavy atom. The second-order valence-electron chi connectivity index (χ2n) is 7.60. The van der Waals surface area contributed by atoms with E-state index in [9.17, 15) is 13.6 Å². The molecule has 176 valence electrons. The smallest absolute Gasteiger partial charge is 0.240 e. The molecule has 1 amide bonds. The van der Waals surface area contributed by atoms with Crippen molar-refractivity contribution in [2.24, 2.45) is 0 Å². The van der Waals surface area contributed by atoms with Crippen LogP contribution in [0.1, 0.15) is 13.3 Å². The number of thioether (sulfide) groups is 1. The lowest BCUT2D eigenvalue weighted by Gasteiger charge is -2.25. The molecular formula is C26H21F2N5OS. The molecule has 1 aromatic heterocycles. The number of benzene rings is 3. The fraction of sp³-hybridized carbons (Fsp3) is 0.154. The van der Waals surface area contributed by atoms with Crippen LogP contribution in [0.2, 0.25) is 0 Å². The van der Waals surface area contributed by atoms with E-state index in [0.717, 1.165) is 23.9 Å². The standard InChI is InChI=1S/C26H21F2N5OS/c1-18(25(34)32(16-8-15-29)21-11-6-3-7-12-21)35-26-31-30-24(19-9-4-2-5-10-19)33(26)23-14-13-20(27)17-22(23)28/h2-7,9-14,17-18H,8,16H2,1H3. The highest BCUT2D eigenvalue weighted by molar-refractivity contribution is 8.00. The van der Waals surface area contributed by atoms with Crippen molar-refractivity contribution in [1.82, 2.24) is 14.8 Å². The third kappa shape index (κ3) is 5.39. The van der Waals surface area contributed by atoms with Gasteiger partial charge < -0.3 is 4.90 Å². The van der Waals surface area contributed by atoms with Gasteiger partial charge in [0.2, 0.25) is 5.91 Å². The van der Waals surface area contributed by atoms with E-state index in [-0.39, 0.29) is 29.7 Å². The Balaban J connectivity index is 1.71. The van der Waals surface area contributed by atoms with Gasteiger partial charge in [-0.2, -0.15) is 5.26 Å². The normalized spacial score (nSPS) is 11.6. The highest BCUT2D eigenvalue weighted by Crippen LogP contribution is 2.32. The molecule has 1 unspecified atom stereocenters. The van der Waals surface area contributed by atoms with E-state index in [1.165, 1.54) is 10.6 Å². The summed E-state index contributed by atoms with van der Waals surface area (Å²) in [6, 6.07) is 23.6. The van der Waals surface area contributed by atoms with Gasteiger partial charge in [-0.1, -0.05) is 60.3 Å². The van der Waals surface area contributed by atoms with E-state index in [0.29, 0.717) is 17.1 Å². The van der Waals surface area contributed by atoms with Gasteiger partial charge >= 0.3 is 0 Å². The number of amides is 1. The lowest BCUT2D eigenvalue weighted by atomic mass is 10.2. The van der Waals surface area contributed by atoms with Crippen molar-refractivity contribution in [3.05, 3.63) is 90.5 Å². The molecule has 4 aromatic rings. The fourth-order valence-corrected chi connectivity index (χ4v) is 4.49. The quantitative estimate of drug-likeness (QED) is 0.300. The lowest BCUT2D eigenvalue weighted by molar-refractivity contribution is -0.117. The van der Waals surface area contributed by atoms with Crippen molar-refractivity contribution in [1.29, 1.82) is 5.26 Å². The van der Waals surface area contributed by atoms with Crippen LogP contribution < -0.4 is 4.90 Å². The predicted molar refractivity (Wildman–Crippen MR) is 131 cm³/mol. The fourth-order valence-electron chi connectivity index (χ4n) is 3.56. The van der Waals surface area contributed by atoms with Crippen molar-refractivity contribution in [2.75, 3.05) is 11.4 Å². The van der Waals surface area contributed by atoms with Gasteiger partial charge in [0.05, 0.1) is 23.4 Å². The summed E-state index contributed by atoms with van der Waals surface area (Å²) in [6.45, 7) is 1.95. The summed E-state index contributed by atoms with van der Waals surface area (Å²) < 4.78 is 30.0. The molecular weight excluding hydrogens is 468 g/mol. The maximum Gasteiger partial charge on any atom is 0.240 e. The van der Waals surface area contributed by atoms with Gasteiger partial charge in [0.1, 0.15) is 11.6 Å². The zero-order valence-corrected chi connectivity index (χ0v) is 19.6. The van der Waals surface area contributed by atoms with Crippen molar-refractivity contribution < 1.29 is 13.6 Å². The predicted octanol–water partition coefficient (Wildman–Crippen LogP) is 5.64. The average molecular weight is 490 g/mol. The lowest BCUT2D eigenvalue weighted by Crippen LogP contribution is -2.37. The largest absolute Gasteiger partial charge is 0.310 e. The van der Waals surface area contributed by atoms with Gasteiger partial charge in [-0.25, -0.2) is 8.78 Å². The van der Waals surface area contributed by atoms with Gasteiger partial charge in [0, 0.05) is 23.9 Å². The molecule has 9 heteroatoms. The molecule has 0 aliphatic heterocycles. The van der Waals surface area contributed by atoms with E-state index in [1.54, 1.807) is 24.0 Å². The third-order valence-electron chi connectivity index (χ3n) is 5.23. The van der Waals surface area contributed by atoms with Gasteiger partial charge in [-0.15, -0.1) is 10.2 Å². The van der Waals surface area contributed by atoms with Crippen LogP contribution in [0.3, 0.4) is 0 Å². The Morgan fingerprint density at radius 1 is 1.06 bits per heavy atom. The minimum atomic E-state index is -0.775. The first-order valence-corrected chi connectivity index (χ1v) is 11.7. The molecule has 0 aliphatic carbocycles. The molecule has 1 atom stereocenters. The molecule has 1 heterocycles. The zero-order valence-electron chi connectivity index (χ0n) is 18.8. The number of para-hydroxylation sites is 1. The van der Waals surface area contributed by atoms with Crippen molar-refractivity contribution in [2.45, 2.75) is 23.8 Å². The van der Waals surface area contributed by atoms with E-state index in [1.807, 2.05) is 48.5 Å². The number of nitriles is 1. The molecule has 0 spiro atoms. The van der Waals surface area contributed by atoms with E-state index < -0.39 is 16.9 Å². The molecule has 35 heavy (non-hydrogen) atoms. The highest BCUT2D eigenvalue weighted by atomic mass is 32.2. The average Bonchev–Trinajstić information content (AvgIpc) is 3.28. The minimum Gasteiger partial charge on any atom is -0.310 e. The topological polar surface area (TPSA) is 74.8 Å². The van der Waals surface area contributed by atoms with Crippen molar-refractivity contribution in [3.63, 3.8) is 0 Å². The second kappa shape index (κ2) is 10.9. The summed E-state index contributed by atoms with van der Waals surface area (Å²) in [6.07, 6.45) is 0.174. The van der Waals surface area contributed by atoms with Crippen molar-refractivity contribution >= 4 is 23.4 Å². The van der Waals surface area contributed by atoms with Gasteiger partial charge in [-0.05, 0) is 31.2 Å². The van der Waals surface area contributed by atoms with Crippen LogP contribution in [-0.4, -0.2) is 32.5 Å². The summed E-state index contributed by atoms with van der Waals surface area (Å²) in [5.41, 5.74) is 1.44. The monoisotopic (exact) mass is 489 g/mol. The zero-order chi connectivity index (χ0) is 24.8. The van der Waals surface area contributed by atoms with Gasteiger partial charge in [0.25, 0.3) is 0 Å². The van der Waals surface area contributed by atoms with Crippen LogP contribution in [0.25, 0.3) is 17.1 Å². The highest BCUT2D eigenvalue weighted by Gasteiger charge is 2.27. The van der Waals surface area contributed by atoms with Gasteiger partial charge in [-0.3, -0.25) is 9.36 Å². The second-order valence-corrected chi connectivity index (χ2v) is 8.90. The number of halogens is 2. The maximum atomic E-state index is 14.8. The van der Waals surface area contributed by atoms with Crippen LogP contribution in [0.4, 0.5) is 14.5 Å². The van der Waals surface area contributed by atoms with Crippen LogP contribution in [-0.2, 0) is 4.79 Å². The van der Waals surface area contributed by atoms with Crippen LogP contribution in [0.15, 0.2) is 84.0 Å². The summed E-state index contributed by atoms with van der Waals surface area (Å²) in [5.74, 6) is -1.34. The Hall–Kier alpha value is -4.03. The Bertz CT molecular complexity index is 1360. The summed E-state index contributed by atoms with van der Waals surface area (Å²) in [5, 5.41) is 17.2. The van der Waals surface area contributed by atoms with Crippen LogP contribution in [0.5, 0.6) is 0 Å². The summed E-state index contributed by atoms with van der Waals surface area (Å²) in [7, 11) is 0. The number of carbonyl (C=O) groups is 1. The van der Waals surface area contributed by atoms with E-state index >= 15 is 0 Å². The number of hydrogen-bond acceptors (Lipinski definition) is 5. The molecule has 0 aliphatic rings. The number of anilines is 1. The van der Waals surface area contributed by atoms with E-state index in [2.05, 4.69) is 16.3 Å². The minimum absolute atomic E-state index is 0.0711. The SMILES string of the molecule is CC(Sc1nnc(-c2ccccc2)n1-c1ccc(F)cc1F)C(=O)N(CCC#N)c1ccccc1. The molecule has 0 bridgehead atoms. The Kier molecular flexibility index (Phi) is 7.53. The number of carbonyl (C=O) groups excluding carboxylic acids is 1. The van der Waals surface area contributed by atoms with Crippen LogP contribution >= 0.6 is 11.8 Å². The Morgan fingerprint density at radius 3 is 2.40 bits per heavy atom. The molecule has 0 saturated heterocycles. The van der Waals surface area contributed by atoms with E-state index in [4.69, 9.17) is 5.26 Å². The summed E-state index contributed by atoms with van der Waals surface area (Å²) >= 11 is 1.11. The molecule has 4 rings (SSSR count). The molecule has 3 aromatic carbocycles. The summed E-state index contributed by atoms with van der Waals surface area (Å²) in [4.78, 5) is 15.0. The third-order valence-corrected chi connectivity index (χ3v) is 6.26. The number of rotatable bonds is 8. The van der Waals surface area contributed by atoms with Gasteiger partial charge in [0.15, 0.2) is 11.0 Å². The van der Waals surface area contributed by atoms with Crippen LogP contribution in [0, 0.1) is 23.0 Å². The number of hydrogen-bond donors (Lipinski definition) is 0. The van der Waals surface area contributed by atoms with Crippen molar-refractivity contribution in [3.8, 4) is 23.1 Å². The molecule has 0 N–H and O–H groups in total. The first kappa shape index (κ1) is 24.1. The maximum absolute atomic E-state index is 14.8. The molecule has 0 saturated carbocycles. The molecule has 6 nitrogen and oxygen atoms in total. The number of nitrogens with zero attached hydrogens (tertiary/aromatic N) is 5. The first-order chi connectivity index (χ1) is 17.0. The molecule has 0 radical (unpaired) electrons. The number of aromatic nitrogens is 3. The first-order valence-electron chi connectivity index (χ1n) is 10.9. The molecule has 0 fully saturated rings. The Labute approximate surface area is 205 Å².